The van der Waals surface area contributed by atoms with E-state index in [0.29, 0.717) is 71.5 Å². The van der Waals surface area contributed by atoms with E-state index in [4.69, 9.17) is 44.5 Å². The quantitative estimate of drug-likeness (QED) is 0.242. The third kappa shape index (κ3) is 9.02. The number of urea groups is 1. The van der Waals surface area contributed by atoms with E-state index in [-0.39, 0.29) is 37.2 Å². The largest absolute Gasteiger partial charge is 0.493 e. The van der Waals surface area contributed by atoms with Gasteiger partial charge in [-0.25, -0.2) is 4.79 Å². The maximum atomic E-state index is 14.8. The third-order valence-corrected chi connectivity index (χ3v) is 9.43. The Morgan fingerprint density at radius 1 is 0.898 bits per heavy atom. The molecule has 2 heterocycles. The molecular weight excluding hydrogens is 704 g/mol. The van der Waals surface area contributed by atoms with E-state index in [9.17, 15) is 9.59 Å². The van der Waals surface area contributed by atoms with Crippen molar-refractivity contribution in [1.29, 1.82) is 0 Å². The summed E-state index contributed by atoms with van der Waals surface area (Å²) in [6.07, 6.45) is 0. The number of hydrogen-bond donors (Lipinski definition) is 0. The minimum absolute atomic E-state index is 0. The first-order valence-corrected chi connectivity index (χ1v) is 17.0. The van der Waals surface area contributed by atoms with Crippen LogP contribution in [-0.4, -0.2) is 90.8 Å². The van der Waals surface area contributed by atoms with Gasteiger partial charge in [0.05, 0.1) is 24.8 Å². The molecule has 1 fully saturated rings. The molecule has 3 amide bonds. The number of piperazine rings is 1. The molecule has 0 unspecified atom stereocenters. The summed E-state index contributed by atoms with van der Waals surface area (Å²) in [6, 6.07) is 17.8. The summed E-state index contributed by atoms with van der Waals surface area (Å²) in [5.74, 6) is 1.12. The minimum Gasteiger partial charge on any atom is -0.493 e. The van der Waals surface area contributed by atoms with Crippen molar-refractivity contribution >= 4 is 65.0 Å². The van der Waals surface area contributed by atoms with E-state index < -0.39 is 12.1 Å². The van der Waals surface area contributed by atoms with E-state index in [0.717, 1.165) is 16.7 Å². The molecule has 12 heteroatoms. The fourth-order valence-electron chi connectivity index (χ4n) is 6.01. The highest BCUT2D eigenvalue weighted by molar-refractivity contribution is 6.32. The number of nitrogens with zero attached hydrogens (tertiary/aromatic N) is 5. The van der Waals surface area contributed by atoms with Crippen molar-refractivity contribution in [1.82, 2.24) is 19.6 Å². The van der Waals surface area contributed by atoms with Crippen molar-refractivity contribution < 1.29 is 14.3 Å². The van der Waals surface area contributed by atoms with Crippen molar-refractivity contribution in [3.63, 3.8) is 0 Å². The first-order valence-electron chi connectivity index (χ1n) is 15.8. The first-order chi connectivity index (χ1) is 22.3. The molecular formula is C37H47Cl4N5O3. The zero-order valence-corrected chi connectivity index (χ0v) is 31.3. The molecule has 5 rings (SSSR count). The normalized spacial score (nSPS) is 17.9. The molecule has 0 N–H and O–H groups in total. The van der Waals surface area contributed by atoms with Crippen LogP contribution in [0.25, 0.3) is 0 Å². The Morgan fingerprint density at radius 3 is 1.96 bits per heavy atom. The molecule has 266 valence electrons. The second-order valence-electron chi connectivity index (χ2n) is 13.2. The van der Waals surface area contributed by atoms with Gasteiger partial charge in [-0.15, -0.1) is 12.4 Å². The fourth-order valence-corrected chi connectivity index (χ4v) is 6.71. The molecule has 2 aliphatic heterocycles. The van der Waals surface area contributed by atoms with Crippen LogP contribution in [0.15, 0.2) is 65.7 Å². The van der Waals surface area contributed by atoms with E-state index >= 15 is 0 Å². The Hall–Kier alpha value is -3.01. The predicted molar refractivity (Wildman–Crippen MR) is 204 cm³/mol. The number of benzene rings is 3. The number of halogens is 4. The summed E-state index contributed by atoms with van der Waals surface area (Å²) in [5, 5.41) is 1.78. The molecule has 0 spiro atoms. The van der Waals surface area contributed by atoms with Crippen molar-refractivity contribution in [2.24, 2.45) is 4.99 Å². The highest BCUT2D eigenvalue weighted by Crippen LogP contribution is 2.46. The SMILES string of the molecule is C.CCOc1cc(C(C)(C)C)c(Cl)cc1C1=N[C@@H](c2ccc(Cl)cc2)[C@@H](c2ccc(Cl)cc2)N1C(=O)N1CCN(CC(=O)N(C)C)CC1.Cl. The molecule has 2 atom stereocenters. The van der Waals surface area contributed by atoms with Gasteiger partial charge in [-0.05, 0) is 65.4 Å². The highest BCUT2D eigenvalue weighted by atomic mass is 35.5. The molecule has 0 aliphatic carbocycles. The lowest BCUT2D eigenvalue weighted by atomic mass is 9.86. The van der Waals surface area contributed by atoms with Gasteiger partial charge >= 0.3 is 6.03 Å². The summed E-state index contributed by atoms with van der Waals surface area (Å²) >= 11 is 19.6. The van der Waals surface area contributed by atoms with Gasteiger partial charge in [0.1, 0.15) is 17.6 Å². The topological polar surface area (TPSA) is 68.7 Å². The van der Waals surface area contributed by atoms with Gasteiger partial charge in [-0.3, -0.25) is 19.6 Å². The monoisotopic (exact) mass is 749 g/mol. The molecule has 49 heavy (non-hydrogen) atoms. The number of carbonyl (C=O) groups excluding carboxylic acids is 2. The van der Waals surface area contributed by atoms with Gasteiger partial charge in [-0.2, -0.15) is 0 Å². The minimum atomic E-state index is -0.500. The summed E-state index contributed by atoms with van der Waals surface area (Å²) in [4.78, 5) is 39.8. The van der Waals surface area contributed by atoms with Crippen LogP contribution in [0.5, 0.6) is 5.75 Å². The maximum Gasteiger partial charge on any atom is 0.326 e. The number of amides is 3. The highest BCUT2D eigenvalue weighted by Gasteiger charge is 2.45. The predicted octanol–water partition coefficient (Wildman–Crippen LogP) is 8.77. The van der Waals surface area contributed by atoms with E-state index in [1.54, 1.807) is 23.9 Å². The lowest BCUT2D eigenvalue weighted by Crippen LogP contribution is -2.55. The lowest BCUT2D eigenvalue weighted by Gasteiger charge is -2.39. The molecule has 0 aromatic heterocycles. The Labute approximate surface area is 312 Å². The number of hydrogen-bond acceptors (Lipinski definition) is 5. The summed E-state index contributed by atoms with van der Waals surface area (Å²) in [6.45, 7) is 11.1. The second-order valence-corrected chi connectivity index (χ2v) is 14.4. The maximum absolute atomic E-state index is 14.8. The van der Waals surface area contributed by atoms with Gasteiger partial charge in [0, 0.05) is 55.3 Å². The third-order valence-electron chi connectivity index (χ3n) is 8.61. The summed E-state index contributed by atoms with van der Waals surface area (Å²) < 4.78 is 6.23. The Kier molecular flexibility index (Phi) is 13.9. The molecule has 0 radical (unpaired) electrons. The smallest absolute Gasteiger partial charge is 0.326 e. The number of rotatable bonds is 7. The van der Waals surface area contributed by atoms with Crippen LogP contribution in [0, 0.1) is 0 Å². The van der Waals surface area contributed by atoms with Crippen LogP contribution in [0.3, 0.4) is 0 Å². The van der Waals surface area contributed by atoms with Gasteiger partial charge in [0.15, 0.2) is 0 Å². The molecule has 8 nitrogen and oxygen atoms in total. The van der Waals surface area contributed by atoms with Crippen molar-refractivity contribution in [2.45, 2.75) is 52.6 Å². The lowest BCUT2D eigenvalue weighted by molar-refractivity contribution is -0.130. The second kappa shape index (κ2) is 16.8. The Morgan fingerprint density at radius 2 is 1.45 bits per heavy atom. The van der Waals surface area contributed by atoms with Crippen LogP contribution in [0.2, 0.25) is 15.1 Å². The average Bonchev–Trinajstić information content (AvgIpc) is 3.42. The molecule has 2 aliphatic rings. The van der Waals surface area contributed by atoms with Gasteiger partial charge in [-0.1, -0.05) is 87.3 Å². The van der Waals surface area contributed by atoms with Gasteiger partial charge in [0.2, 0.25) is 5.91 Å². The van der Waals surface area contributed by atoms with Crippen molar-refractivity contribution in [3.05, 3.63) is 98.0 Å². The standard InChI is InChI=1S/C36H42Cl3N5O3.CH4.ClH/c1-7-47-30-21-28(36(2,3)4)29(39)20-27(30)34-40-32(23-8-12-25(37)13-9-23)33(24-10-14-26(38)15-11-24)44(34)35(46)43-18-16-42(17-19-43)22-31(45)41(5)6;;/h8-15,20-21,32-33H,7,16-19,22H2,1-6H3;1H4;1H/t32-,33+;;/m0../s1. The zero-order chi connectivity index (χ0) is 34.0. The van der Waals surface area contributed by atoms with Gasteiger partial charge < -0.3 is 14.5 Å². The Bertz CT molecular complexity index is 1630. The average molecular weight is 752 g/mol. The van der Waals surface area contributed by atoms with Crippen molar-refractivity contribution in [2.75, 3.05) is 53.4 Å². The fraction of sp³-hybridized carbons (Fsp3) is 0.432. The van der Waals surface area contributed by atoms with Crippen LogP contribution < -0.4 is 4.74 Å². The molecule has 1 saturated heterocycles. The number of ether oxygens (including phenoxy) is 1. The molecule has 3 aromatic carbocycles. The van der Waals surface area contributed by atoms with E-state index in [1.165, 1.54) is 0 Å². The van der Waals surface area contributed by atoms with Crippen LogP contribution in [0.4, 0.5) is 4.79 Å². The molecule has 0 saturated carbocycles. The van der Waals surface area contributed by atoms with E-state index in [1.807, 2.05) is 72.5 Å². The van der Waals surface area contributed by atoms with E-state index in [2.05, 4.69) is 25.7 Å². The number of aliphatic imine (C=N–C) groups is 1. The summed E-state index contributed by atoms with van der Waals surface area (Å²) in [7, 11) is 3.50. The Balaban J connectivity index is 0.00000325. The number of likely N-dealkylation sites (N-methyl/N-ethyl adjacent to an activating group) is 1. The summed E-state index contributed by atoms with van der Waals surface area (Å²) in [5.41, 5.74) is 3.13. The van der Waals surface area contributed by atoms with Crippen LogP contribution in [0.1, 0.15) is 69.5 Å². The number of amidine groups is 1. The van der Waals surface area contributed by atoms with Crippen LogP contribution in [-0.2, 0) is 10.2 Å². The van der Waals surface area contributed by atoms with Crippen molar-refractivity contribution in [3.8, 4) is 5.75 Å². The first kappa shape index (κ1) is 40.4. The van der Waals surface area contributed by atoms with Gasteiger partial charge in [0.25, 0.3) is 0 Å². The zero-order valence-electron chi connectivity index (χ0n) is 28.2. The van der Waals surface area contributed by atoms with Crippen LogP contribution >= 0.6 is 47.2 Å². The number of carbonyl (C=O) groups is 2. The molecule has 0 bridgehead atoms. The molecule has 3 aromatic rings.